The van der Waals surface area contributed by atoms with E-state index < -0.39 is 0 Å². The summed E-state index contributed by atoms with van der Waals surface area (Å²) in [6, 6.07) is 7.05. The molecule has 3 N–H and O–H groups in total. The summed E-state index contributed by atoms with van der Waals surface area (Å²) in [5, 5.41) is 9.78. The zero-order valence-corrected chi connectivity index (χ0v) is 14.4. The molecule has 1 aromatic carbocycles. The minimum Gasteiger partial charge on any atom is -0.380 e. The second-order valence-electron chi connectivity index (χ2n) is 4.78. The Morgan fingerprint density at radius 3 is 2.57 bits per heavy atom. The SMILES string of the molecule is CCOCCNC(=NC)NCCCC(=O)Nc1ccc(Cl)cc1. The Labute approximate surface area is 142 Å². The van der Waals surface area contributed by atoms with E-state index in [0.29, 0.717) is 50.1 Å². The highest BCUT2D eigenvalue weighted by Crippen LogP contribution is 2.13. The van der Waals surface area contributed by atoms with E-state index in [4.69, 9.17) is 16.3 Å². The number of hydrogen-bond donors (Lipinski definition) is 3. The number of guanidine groups is 1. The van der Waals surface area contributed by atoms with Gasteiger partial charge in [-0.15, -0.1) is 0 Å². The Morgan fingerprint density at radius 2 is 1.91 bits per heavy atom. The number of aliphatic imine (C=N–C) groups is 1. The van der Waals surface area contributed by atoms with Gasteiger partial charge in [0.2, 0.25) is 5.91 Å². The van der Waals surface area contributed by atoms with Gasteiger partial charge in [0.15, 0.2) is 5.96 Å². The van der Waals surface area contributed by atoms with E-state index in [1.54, 1.807) is 31.3 Å². The number of benzene rings is 1. The molecule has 23 heavy (non-hydrogen) atoms. The first-order valence-corrected chi connectivity index (χ1v) is 8.11. The maximum atomic E-state index is 11.8. The number of rotatable bonds is 9. The van der Waals surface area contributed by atoms with Crippen molar-refractivity contribution in [1.29, 1.82) is 0 Å². The number of anilines is 1. The van der Waals surface area contributed by atoms with Crippen molar-refractivity contribution in [3.63, 3.8) is 0 Å². The smallest absolute Gasteiger partial charge is 0.224 e. The van der Waals surface area contributed by atoms with Crippen LogP contribution in [0.2, 0.25) is 5.02 Å². The molecule has 0 saturated carbocycles. The van der Waals surface area contributed by atoms with Crippen molar-refractivity contribution < 1.29 is 9.53 Å². The molecule has 0 fully saturated rings. The average Bonchev–Trinajstić information content (AvgIpc) is 2.55. The monoisotopic (exact) mass is 340 g/mol. The van der Waals surface area contributed by atoms with Crippen LogP contribution in [0.1, 0.15) is 19.8 Å². The number of carbonyl (C=O) groups excluding carboxylic acids is 1. The van der Waals surface area contributed by atoms with Crippen molar-refractivity contribution in [2.45, 2.75) is 19.8 Å². The van der Waals surface area contributed by atoms with Gasteiger partial charge in [0, 0.05) is 43.9 Å². The van der Waals surface area contributed by atoms with Crippen molar-refractivity contribution in [1.82, 2.24) is 10.6 Å². The summed E-state index contributed by atoms with van der Waals surface area (Å²) in [6.45, 7) is 4.67. The van der Waals surface area contributed by atoms with Gasteiger partial charge in [0.05, 0.1) is 6.61 Å². The first-order chi connectivity index (χ1) is 11.2. The van der Waals surface area contributed by atoms with Crippen LogP contribution in [0.5, 0.6) is 0 Å². The minimum atomic E-state index is -0.0200. The fourth-order valence-electron chi connectivity index (χ4n) is 1.82. The van der Waals surface area contributed by atoms with Crippen molar-refractivity contribution >= 4 is 29.2 Å². The maximum Gasteiger partial charge on any atom is 0.224 e. The Morgan fingerprint density at radius 1 is 1.22 bits per heavy atom. The van der Waals surface area contributed by atoms with E-state index in [1.165, 1.54) is 0 Å². The van der Waals surface area contributed by atoms with E-state index >= 15 is 0 Å². The molecule has 0 radical (unpaired) electrons. The fraction of sp³-hybridized carbons (Fsp3) is 0.500. The number of halogens is 1. The molecule has 128 valence electrons. The summed E-state index contributed by atoms with van der Waals surface area (Å²) in [5.74, 6) is 0.691. The van der Waals surface area contributed by atoms with E-state index in [0.717, 1.165) is 5.69 Å². The fourth-order valence-corrected chi connectivity index (χ4v) is 1.94. The summed E-state index contributed by atoms with van der Waals surface area (Å²) in [4.78, 5) is 15.9. The van der Waals surface area contributed by atoms with Crippen LogP contribution in [0.4, 0.5) is 5.69 Å². The zero-order valence-electron chi connectivity index (χ0n) is 13.7. The molecule has 0 aromatic heterocycles. The lowest BCUT2D eigenvalue weighted by molar-refractivity contribution is -0.116. The van der Waals surface area contributed by atoms with Crippen LogP contribution in [-0.4, -0.2) is 45.2 Å². The largest absolute Gasteiger partial charge is 0.380 e. The van der Waals surface area contributed by atoms with Gasteiger partial charge in [-0.25, -0.2) is 0 Å². The quantitative estimate of drug-likeness (QED) is 0.366. The molecule has 0 aliphatic rings. The number of amides is 1. The highest BCUT2D eigenvalue weighted by Gasteiger charge is 2.03. The van der Waals surface area contributed by atoms with Gasteiger partial charge in [-0.1, -0.05) is 11.6 Å². The Bertz CT molecular complexity index is 491. The van der Waals surface area contributed by atoms with Crippen molar-refractivity contribution in [3.05, 3.63) is 29.3 Å². The van der Waals surface area contributed by atoms with Gasteiger partial charge in [0.1, 0.15) is 0 Å². The lowest BCUT2D eigenvalue weighted by Gasteiger charge is -2.11. The van der Waals surface area contributed by atoms with Gasteiger partial charge in [0.25, 0.3) is 0 Å². The highest BCUT2D eigenvalue weighted by atomic mass is 35.5. The molecule has 0 aliphatic heterocycles. The normalized spacial score (nSPS) is 11.2. The molecule has 0 saturated heterocycles. The molecule has 1 amide bonds. The van der Waals surface area contributed by atoms with Crippen LogP contribution < -0.4 is 16.0 Å². The van der Waals surface area contributed by atoms with Gasteiger partial charge in [-0.3, -0.25) is 9.79 Å². The molecule has 0 aliphatic carbocycles. The number of carbonyl (C=O) groups is 1. The highest BCUT2D eigenvalue weighted by molar-refractivity contribution is 6.30. The third-order valence-corrected chi connectivity index (χ3v) is 3.22. The van der Waals surface area contributed by atoms with Crippen molar-refractivity contribution in [2.24, 2.45) is 4.99 Å². The molecule has 7 heteroatoms. The van der Waals surface area contributed by atoms with Gasteiger partial charge in [-0.05, 0) is 37.6 Å². The zero-order chi connectivity index (χ0) is 16.9. The van der Waals surface area contributed by atoms with E-state index in [1.807, 2.05) is 6.92 Å². The summed E-state index contributed by atoms with van der Waals surface area (Å²) in [6.07, 6.45) is 1.15. The van der Waals surface area contributed by atoms with Gasteiger partial charge < -0.3 is 20.7 Å². The molecule has 1 aromatic rings. The molecule has 0 bridgehead atoms. The topological polar surface area (TPSA) is 74.8 Å². The predicted octanol–water partition coefficient (Wildman–Crippen LogP) is 2.26. The molecule has 0 atom stereocenters. The predicted molar refractivity (Wildman–Crippen MR) is 95.2 cm³/mol. The van der Waals surface area contributed by atoms with Crippen molar-refractivity contribution in [3.8, 4) is 0 Å². The number of nitrogens with zero attached hydrogens (tertiary/aromatic N) is 1. The number of hydrogen-bond acceptors (Lipinski definition) is 3. The van der Waals surface area contributed by atoms with Crippen LogP contribution >= 0.6 is 11.6 Å². The molecule has 1 rings (SSSR count). The summed E-state index contributed by atoms with van der Waals surface area (Å²) < 4.78 is 5.24. The minimum absolute atomic E-state index is 0.0200. The number of ether oxygens (including phenoxy) is 1. The third kappa shape index (κ3) is 9.05. The first kappa shape index (κ1) is 19.3. The maximum absolute atomic E-state index is 11.8. The summed E-state index contributed by atoms with van der Waals surface area (Å²) in [7, 11) is 1.71. The van der Waals surface area contributed by atoms with Crippen LogP contribution in [0.3, 0.4) is 0 Å². The second-order valence-corrected chi connectivity index (χ2v) is 5.22. The Balaban J connectivity index is 2.15. The molecular weight excluding hydrogens is 316 g/mol. The second kappa shape index (κ2) is 11.7. The third-order valence-electron chi connectivity index (χ3n) is 2.97. The average molecular weight is 341 g/mol. The molecule has 0 unspecified atom stereocenters. The van der Waals surface area contributed by atoms with E-state index in [2.05, 4.69) is 20.9 Å². The first-order valence-electron chi connectivity index (χ1n) is 7.73. The van der Waals surface area contributed by atoms with Crippen LogP contribution in [-0.2, 0) is 9.53 Å². The molecule has 6 nitrogen and oxygen atoms in total. The van der Waals surface area contributed by atoms with Crippen molar-refractivity contribution in [2.75, 3.05) is 38.7 Å². The lowest BCUT2D eigenvalue weighted by Crippen LogP contribution is -2.39. The van der Waals surface area contributed by atoms with Gasteiger partial charge >= 0.3 is 0 Å². The van der Waals surface area contributed by atoms with Crippen LogP contribution in [0.25, 0.3) is 0 Å². The standard InChI is InChI=1S/C16H25ClN4O2/c1-3-23-12-11-20-16(18-2)19-10-4-5-15(22)21-14-8-6-13(17)7-9-14/h6-9H,3-5,10-12H2,1-2H3,(H,21,22)(H2,18,19,20). The van der Waals surface area contributed by atoms with Crippen LogP contribution in [0.15, 0.2) is 29.3 Å². The molecular formula is C16H25ClN4O2. The lowest BCUT2D eigenvalue weighted by atomic mass is 10.2. The van der Waals surface area contributed by atoms with Crippen LogP contribution in [0, 0.1) is 0 Å². The van der Waals surface area contributed by atoms with Gasteiger partial charge in [-0.2, -0.15) is 0 Å². The van der Waals surface area contributed by atoms with E-state index in [-0.39, 0.29) is 5.91 Å². The molecule has 0 heterocycles. The Kier molecular flexibility index (Phi) is 9.83. The van der Waals surface area contributed by atoms with E-state index in [9.17, 15) is 4.79 Å². The summed E-state index contributed by atoms with van der Waals surface area (Å²) >= 11 is 5.80. The molecule has 0 spiro atoms. The number of nitrogens with one attached hydrogen (secondary N) is 3. The summed E-state index contributed by atoms with van der Waals surface area (Å²) in [5.41, 5.74) is 0.751. The Hall–Kier alpha value is -1.79.